The van der Waals surface area contributed by atoms with Crippen molar-refractivity contribution in [3.63, 3.8) is 0 Å². The van der Waals surface area contributed by atoms with Crippen molar-refractivity contribution in [3.8, 4) is 0 Å². The molecule has 0 atom stereocenters. The molecule has 0 aliphatic rings. The third kappa shape index (κ3) is 1.27. The van der Waals surface area contributed by atoms with E-state index in [9.17, 15) is 0 Å². The van der Waals surface area contributed by atoms with E-state index in [1.807, 2.05) is 0 Å². The normalized spacial score (nSPS) is 12.0. The van der Waals surface area contributed by atoms with Crippen LogP contribution >= 0.6 is 11.6 Å². The van der Waals surface area contributed by atoms with Crippen molar-refractivity contribution in [2.24, 2.45) is 12.2 Å². The molecule has 1 N–H and O–H groups in total. The quantitative estimate of drug-likeness (QED) is 0.374. The highest BCUT2D eigenvalue weighted by atomic mass is 35.5. The Morgan fingerprint density at radius 1 is 1.90 bits per heavy atom. The highest BCUT2D eigenvalue weighted by Gasteiger charge is 2.00. The number of halogens is 1. The molecule has 54 valence electrons. The SMILES string of the molecule is Cn1cc(/C(Cl)=N\O)cn1. The van der Waals surface area contributed by atoms with E-state index in [2.05, 4.69) is 10.3 Å². The van der Waals surface area contributed by atoms with Gasteiger partial charge >= 0.3 is 0 Å². The molecule has 0 unspecified atom stereocenters. The summed E-state index contributed by atoms with van der Waals surface area (Å²) < 4.78 is 1.57. The van der Waals surface area contributed by atoms with Gasteiger partial charge in [0.1, 0.15) is 0 Å². The Bertz CT molecular complexity index is 255. The summed E-state index contributed by atoms with van der Waals surface area (Å²) in [4.78, 5) is 0. The summed E-state index contributed by atoms with van der Waals surface area (Å²) in [6, 6.07) is 0. The number of oxime groups is 1. The molecule has 1 rings (SSSR count). The summed E-state index contributed by atoms with van der Waals surface area (Å²) in [5.74, 6) is 0. The van der Waals surface area contributed by atoms with Gasteiger partial charge in [0, 0.05) is 13.2 Å². The molecule has 0 fully saturated rings. The highest BCUT2D eigenvalue weighted by molar-refractivity contribution is 6.69. The van der Waals surface area contributed by atoms with Gasteiger partial charge in [0.05, 0.1) is 11.8 Å². The highest BCUT2D eigenvalue weighted by Crippen LogP contribution is 2.01. The van der Waals surface area contributed by atoms with Crippen LogP contribution < -0.4 is 0 Å². The minimum Gasteiger partial charge on any atom is -0.410 e. The van der Waals surface area contributed by atoms with Crippen LogP contribution in [0.1, 0.15) is 5.56 Å². The van der Waals surface area contributed by atoms with E-state index in [1.165, 1.54) is 6.20 Å². The third-order valence-corrected chi connectivity index (χ3v) is 1.32. The summed E-state index contributed by atoms with van der Waals surface area (Å²) in [5.41, 5.74) is 0.603. The molecule has 5 heteroatoms. The number of nitrogens with zero attached hydrogens (tertiary/aromatic N) is 3. The largest absolute Gasteiger partial charge is 0.410 e. The standard InChI is InChI=1S/C5H6ClN3O/c1-9-3-4(2-7-9)5(6)8-10/h2-3,10H,1H3/b8-5+. The second-order valence-corrected chi connectivity index (χ2v) is 2.15. The summed E-state index contributed by atoms with van der Waals surface area (Å²) in [6.07, 6.45) is 3.17. The molecule has 0 aliphatic carbocycles. The number of aryl methyl sites for hydroxylation is 1. The van der Waals surface area contributed by atoms with E-state index in [4.69, 9.17) is 16.8 Å². The molecule has 0 amide bonds. The number of aromatic nitrogens is 2. The predicted molar refractivity (Wildman–Crippen MR) is 37.4 cm³/mol. The van der Waals surface area contributed by atoms with Crippen LogP contribution in [0.5, 0.6) is 0 Å². The van der Waals surface area contributed by atoms with Crippen molar-refractivity contribution in [1.29, 1.82) is 0 Å². The van der Waals surface area contributed by atoms with Crippen molar-refractivity contribution in [3.05, 3.63) is 18.0 Å². The topological polar surface area (TPSA) is 50.4 Å². The van der Waals surface area contributed by atoms with E-state index in [1.54, 1.807) is 17.9 Å². The third-order valence-electron chi connectivity index (χ3n) is 1.03. The van der Waals surface area contributed by atoms with Gasteiger partial charge in [-0.05, 0) is 0 Å². The average molecular weight is 160 g/mol. The Labute approximate surface area is 62.7 Å². The van der Waals surface area contributed by atoms with Crippen molar-refractivity contribution in [1.82, 2.24) is 9.78 Å². The van der Waals surface area contributed by atoms with Crippen LogP contribution in [-0.4, -0.2) is 20.2 Å². The Balaban J connectivity index is 2.95. The maximum absolute atomic E-state index is 8.22. The molecule has 10 heavy (non-hydrogen) atoms. The van der Waals surface area contributed by atoms with Crippen LogP contribution in [0, 0.1) is 0 Å². The fourth-order valence-corrected chi connectivity index (χ4v) is 0.683. The van der Waals surface area contributed by atoms with Crippen LogP contribution in [0.25, 0.3) is 0 Å². The van der Waals surface area contributed by atoms with Gasteiger partial charge in [0.25, 0.3) is 0 Å². The molecule has 0 bridgehead atoms. The minimum absolute atomic E-state index is 0.0492. The predicted octanol–water partition coefficient (Wildman–Crippen LogP) is 0.795. The number of hydrogen-bond donors (Lipinski definition) is 1. The van der Waals surface area contributed by atoms with Crippen molar-refractivity contribution < 1.29 is 5.21 Å². The molecule has 0 aromatic carbocycles. The van der Waals surface area contributed by atoms with Gasteiger partial charge in [0.15, 0.2) is 5.17 Å². The molecule has 0 aliphatic heterocycles. The first kappa shape index (κ1) is 7.08. The molecule has 1 aromatic heterocycles. The lowest BCUT2D eigenvalue weighted by Gasteiger charge is -1.85. The zero-order valence-electron chi connectivity index (χ0n) is 5.32. The molecule has 0 saturated carbocycles. The van der Waals surface area contributed by atoms with Crippen molar-refractivity contribution >= 4 is 16.8 Å². The monoisotopic (exact) mass is 159 g/mol. The molecular formula is C5H6ClN3O. The van der Waals surface area contributed by atoms with E-state index in [0.717, 1.165) is 0 Å². The van der Waals surface area contributed by atoms with Crippen LogP contribution in [0.4, 0.5) is 0 Å². The van der Waals surface area contributed by atoms with E-state index in [0.29, 0.717) is 5.56 Å². The van der Waals surface area contributed by atoms with E-state index in [-0.39, 0.29) is 5.17 Å². The fraction of sp³-hybridized carbons (Fsp3) is 0.200. The maximum Gasteiger partial charge on any atom is 0.178 e. The second kappa shape index (κ2) is 2.70. The maximum atomic E-state index is 8.22. The average Bonchev–Trinajstić information content (AvgIpc) is 2.34. The van der Waals surface area contributed by atoms with Gasteiger partial charge in [-0.1, -0.05) is 16.8 Å². The first-order valence-corrected chi connectivity index (χ1v) is 2.98. The zero-order valence-corrected chi connectivity index (χ0v) is 6.08. The summed E-state index contributed by atoms with van der Waals surface area (Å²) >= 11 is 5.45. The lowest BCUT2D eigenvalue weighted by molar-refractivity contribution is 0.321. The molecule has 1 heterocycles. The Morgan fingerprint density at radius 2 is 2.60 bits per heavy atom. The number of hydrogen-bond acceptors (Lipinski definition) is 3. The molecular weight excluding hydrogens is 154 g/mol. The Morgan fingerprint density at radius 3 is 3.00 bits per heavy atom. The molecule has 0 radical (unpaired) electrons. The smallest absolute Gasteiger partial charge is 0.178 e. The van der Waals surface area contributed by atoms with Gasteiger partial charge in [-0.25, -0.2) is 0 Å². The van der Waals surface area contributed by atoms with Gasteiger partial charge in [-0.3, -0.25) is 4.68 Å². The zero-order chi connectivity index (χ0) is 7.56. The second-order valence-electron chi connectivity index (χ2n) is 1.79. The molecule has 0 spiro atoms. The lowest BCUT2D eigenvalue weighted by atomic mass is 10.4. The van der Waals surface area contributed by atoms with Gasteiger partial charge in [-0.2, -0.15) is 5.10 Å². The lowest BCUT2D eigenvalue weighted by Crippen LogP contribution is -1.88. The molecule has 1 aromatic rings. The van der Waals surface area contributed by atoms with Crippen LogP contribution in [-0.2, 0) is 7.05 Å². The van der Waals surface area contributed by atoms with Gasteiger partial charge < -0.3 is 5.21 Å². The molecule has 0 saturated heterocycles. The van der Waals surface area contributed by atoms with Crippen molar-refractivity contribution in [2.75, 3.05) is 0 Å². The molecule has 4 nitrogen and oxygen atoms in total. The van der Waals surface area contributed by atoms with Crippen LogP contribution in [0.3, 0.4) is 0 Å². The Kier molecular flexibility index (Phi) is 1.91. The summed E-state index contributed by atoms with van der Waals surface area (Å²) in [6.45, 7) is 0. The summed E-state index contributed by atoms with van der Waals surface area (Å²) in [7, 11) is 1.76. The Hall–Kier alpha value is -1.03. The first-order chi connectivity index (χ1) is 4.74. The summed E-state index contributed by atoms with van der Waals surface area (Å²) in [5, 5.41) is 14.9. The fourth-order valence-electron chi connectivity index (χ4n) is 0.585. The van der Waals surface area contributed by atoms with E-state index >= 15 is 0 Å². The van der Waals surface area contributed by atoms with Gasteiger partial charge in [0.2, 0.25) is 0 Å². The first-order valence-electron chi connectivity index (χ1n) is 2.60. The van der Waals surface area contributed by atoms with Crippen molar-refractivity contribution in [2.45, 2.75) is 0 Å². The van der Waals surface area contributed by atoms with Crippen LogP contribution in [0.15, 0.2) is 17.5 Å². The van der Waals surface area contributed by atoms with E-state index < -0.39 is 0 Å². The number of rotatable bonds is 1. The minimum atomic E-state index is 0.0492. The van der Waals surface area contributed by atoms with Crippen LogP contribution in [0.2, 0.25) is 0 Å². The van der Waals surface area contributed by atoms with Gasteiger partial charge in [-0.15, -0.1) is 0 Å².